The van der Waals surface area contributed by atoms with Crippen molar-refractivity contribution in [1.29, 1.82) is 0 Å². The summed E-state index contributed by atoms with van der Waals surface area (Å²) >= 11 is 0. The number of hydrogen-bond donors (Lipinski definition) is 1. The van der Waals surface area contributed by atoms with E-state index in [1.807, 2.05) is 13.8 Å². The topological polar surface area (TPSA) is 79.9 Å². The minimum Gasteiger partial charge on any atom is -0.309 e. The molecule has 0 bridgehead atoms. The van der Waals surface area contributed by atoms with E-state index in [4.69, 9.17) is 0 Å². The molecule has 0 radical (unpaired) electrons. The number of nitrogens with one attached hydrogen (secondary N) is 1. The minimum atomic E-state index is -3.25. The molecular formula is C11H18N2O3S. The summed E-state index contributed by atoms with van der Waals surface area (Å²) in [5.74, 6) is 0.585. The van der Waals surface area contributed by atoms with Crippen LogP contribution in [0.4, 0.5) is 0 Å². The van der Waals surface area contributed by atoms with Crippen LogP contribution >= 0.6 is 0 Å². The molecule has 0 amide bonds. The summed E-state index contributed by atoms with van der Waals surface area (Å²) in [4.78, 5) is 18.1. The number of sulfone groups is 1. The highest BCUT2D eigenvalue weighted by Gasteiger charge is 2.20. The van der Waals surface area contributed by atoms with Gasteiger partial charge in [0, 0.05) is 18.0 Å². The fourth-order valence-electron chi connectivity index (χ4n) is 1.45. The lowest BCUT2D eigenvalue weighted by molar-refractivity contribution is 0.586. The van der Waals surface area contributed by atoms with E-state index in [0.29, 0.717) is 18.0 Å². The van der Waals surface area contributed by atoms with E-state index in [1.54, 1.807) is 0 Å². The Morgan fingerprint density at radius 2 is 1.94 bits per heavy atom. The maximum absolute atomic E-state index is 11.4. The lowest BCUT2D eigenvalue weighted by Crippen LogP contribution is -2.19. The summed E-state index contributed by atoms with van der Waals surface area (Å²) in [6, 6.07) is 1.42. The van der Waals surface area contributed by atoms with Crippen LogP contribution in [0.2, 0.25) is 0 Å². The van der Waals surface area contributed by atoms with Gasteiger partial charge in [-0.05, 0) is 19.3 Å². The average molecular weight is 258 g/mol. The van der Waals surface area contributed by atoms with Gasteiger partial charge in [-0.3, -0.25) is 4.79 Å². The van der Waals surface area contributed by atoms with Gasteiger partial charge in [0.15, 0.2) is 9.84 Å². The van der Waals surface area contributed by atoms with Gasteiger partial charge in [-0.2, -0.15) is 0 Å². The standard InChI is InChI=1S/C11H18N2O3S/c1-7(2)5-9-6-10(14)13-11(12-9)8(3)17(4,15)16/h6-8H,5H2,1-4H3,(H,12,13,14). The third-order valence-corrected chi connectivity index (χ3v) is 3.97. The van der Waals surface area contributed by atoms with Gasteiger partial charge in [0.2, 0.25) is 0 Å². The Bertz CT molecular complexity index is 546. The quantitative estimate of drug-likeness (QED) is 0.876. The van der Waals surface area contributed by atoms with Crippen LogP contribution in [0.25, 0.3) is 0 Å². The smallest absolute Gasteiger partial charge is 0.251 e. The van der Waals surface area contributed by atoms with Crippen molar-refractivity contribution in [3.8, 4) is 0 Å². The molecule has 5 nitrogen and oxygen atoms in total. The van der Waals surface area contributed by atoms with Crippen LogP contribution < -0.4 is 5.56 Å². The van der Waals surface area contributed by atoms with Crippen molar-refractivity contribution in [1.82, 2.24) is 9.97 Å². The Morgan fingerprint density at radius 3 is 2.41 bits per heavy atom. The molecule has 0 saturated carbocycles. The van der Waals surface area contributed by atoms with Crippen molar-refractivity contribution < 1.29 is 8.42 Å². The molecule has 1 rings (SSSR count). The monoisotopic (exact) mass is 258 g/mol. The van der Waals surface area contributed by atoms with Gasteiger partial charge >= 0.3 is 0 Å². The number of nitrogens with zero attached hydrogens (tertiary/aromatic N) is 1. The Labute approximate surface area is 101 Å². The van der Waals surface area contributed by atoms with Crippen LogP contribution in [0.5, 0.6) is 0 Å². The number of rotatable bonds is 4. The number of aromatic nitrogens is 2. The zero-order chi connectivity index (χ0) is 13.2. The molecule has 1 unspecified atom stereocenters. The molecule has 1 atom stereocenters. The zero-order valence-corrected chi connectivity index (χ0v) is 11.3. The Balaban J connectivity index is 3.18. The molecule has 0 spiro atoms. The van der Waals surface area contributed by atoms with E-state index >= 15 is 0 Å². The predicted molar refractivity (Wildman–Crippen MR) is 66.7 cm³/mol. The van der Waals surface area contributed by atoms with Crippen LogP contribution in [-0.2, 0) is 16.3 Å². The Hall–Kier alpha value is -1.17. The normalized spacial score (nSPS) is 13.9. The number of hydrogen-bond acceptors (Lipinski definition) is 4. The SMILES string of the molecule is CC(C)Cc1cc(=O)[nH]c(C(C)S(C)(=O)=O)n1. The molecule has 0 saturated heterocycles. The average Bonchev–Trinajstić information content (AvgIpc) is 2.12. The summed E-state index contributed by atoms with van der Waals surface area (Å²) in [7, 11) is -3.25. The van der Waals surface area contributed by atoms with Crippen molar-refractivity contribution in [2.45, 2.75) is 32.4 Å². The van der Waals surface area contributed by atoms with Gasteiger partial charge in [-0.15, -0.1) is 0 Å². The highest BCUT2D eigenvalue weighted by molar-refractivity contribution is 7.90. The van der Waals surface area contributed by atoms with Crippen LogP contribution in [-0.4, -0.2) is 24.6 Å². The zero-order valence-electron chi connectivity index (χ0n) is 10.5. The van der Waals surface area contributed by atoms with Gasteiger partial charge in [-0.1, -0.05) is 13.8 Å². The fourth-order valence-corrected chi connectivity index (χ4v) is 1.96. The second-order valence-corrected chi connectivity index (χ2v) is 7.06. The molecule has 0 aromatic carbocycles. The van der Waals surface area contributed by atoms with E-state index in [1.165, 1.54) is 13.0 Å². The Morgan fingerprint density at radius 1 is 1.35 bits per heavy atom. The van der Waals surface area contributed by atoms with Crippen molar-refractivity contribution in [3.05, 3.63) is 27.9 Å². The van der Waals surface area contributed by atoms with E-state index in [9.17, 15) is 13.2 Å². The van der Waals surface area contributed by atoms with Crippen molar-refractivity contribution >= 4 is 9.84 Å². The van der Waals surface area contributed by atoms with Gasteiger partial charge in [0.1, 0.15) is 11.1 Å². The van der Waals surface area contributed by atoms with E-state index < -0.39 is 15.1 Å². The highest BCUT2D eigenvalue weighted by Crippen LogP contribution is 2.16. The largest absolute Gasteiger partial charge is 0.309 e. The summed E-state index contributed by atoms with van der Waals surface area (Å²) in [6.45, 7) is 5.55. The second-order valence-electron chi connectivity index (χ2n) is 4.69. The van der Waals surface area contributed by atoms with Gasteiger partial charge in [0.05, 0.1) is 0 Å². The lowest BCUT2D eigenvalue weighted by atomic mass is 10.1. The maximum atomic E-state index is 11.4. The van der Waals surface area contributed by atoms with Crippen molar-refractivity contribution in [2.24, 2.45) is 5.92 Å². The molecule has 1 aromatic heterocycles. The molecule has 96 valence electrons. The third kappa shape index (κ3) is 3.96. The first-order valence-corrected chi connectivity index (χ1v) is 7.44. The summed E-state index contributed by atoms with van der Waals surface area (Å²) in [5, 5.41) is -0.790. The third-order valence-electron chi connectivity index (χ3n) is 2.46. The van der Waals surface area contributed by atoms with Crippen LogP contribution in [0.1, 0.15) is 37.5 Å². The molecule has 1 N–H and O–H groups in total. The van der Waals surface area contributed by atoms with Gasteiger partial charge in [0.25, 0.3) is 5.56 Å². The molecule has 0 fully saturated rings. The summed E-state index contributed by atoms with van der Waals surface area (Å²) in [6.07, 6.45) is 1.79. The summed E-state index contributed by atoms with van der Waals surface area (Å²) in [5.41, 5.74) is 0.329. The molecule has 6 heteroatoms. The van der Waals surface area contributed by atoms with E-state index in [2.05, 4.69) is 9.97 Å². The first kappa shape index (κ1) is 13.9. The van der Waals surface area contributed by atoms with Gasteiger partial charge < -0.3 is 4.98 Å². The van der Waals surface area contributed by atoms with Gasteiger partial charge in [-0.25, -0.2) is 13.4 Å². The molecular weight excluding hydrogens is 240 g/mol. The molecule has 0 aliphatic heterocycles. The molecule has 0 aliphatic carbocycles. The fraction of sp³-hybridized carbons (Fsp3) is 0.636. The second kappa shape index (κ2) is 5.00. The minimum absolute atomic E-state index is 0.218. The Kier molecular flexibility index (Phi) is 4.08. The molecule has 0 aliphatic rings. The molecule has 1 aromatic rings. The van der Waals surface area contributed by atoms with E-state index in [0.717, 1.165) is 6.26 Å². The number of H-pyrrole nitrogens is 1. The van der Waals surface area contributed by atoms with Crippen LogP contribution in [0.3, 0.4) is 0 Å². The predicted octanol–water partition coefficient (Wildman–Crippen LogP) is 1.07. The molecule has 17 heavy (non-hydrogen) atoms. The van der Waals surface area contributed by atoms with Crippen LogP contribution in [0, 0.1) is 5.92 Å². The summed E-state index contributed by atoms with van der Waals surface area (Å²) < 4.78 is 22.8. The molecule has 1 heterocycles. The lowest BCUT2D eigenvalue weighted by Gasteiger charge is -2.10. The van der Waals surface area contributed by atoms with Crippen LogP contribution in [0.15, 0.2) is 10.9 Å². The highest BCUT2D eigenvalue weighted by atomic mass is 32.2. The maximum Gasteiger partial charge on any atom is 0.251 e. The van der Waals surface area contributed by atoms with E-state index in [-0.39, 0.29) is 11.4 Å². The van der Waals surface area contributed by atoms with Crippen molar-refractivity contribution in [2.75, 3.05) is 6.26 Å². The number of aromatic amines is 1. The first-order valence-electron chi connectivity index (χ1n) is 5.49. The first-order chi connectivity index (χ1) is 7.70. The van der Waals surface area contributed by atoms with Crippen molar-refractivity contribution in [3.63, 3.8) is 0 Å².